The summed E-state index contributed by atoms with van der Waals surface area (Å²) >= 11 is 0. The summed E-state index contributed by atoms with van der Waals surface area (Å²) in [6, 6.07) is 10.7. The molecule has 1 rings (SSSR count). The zero-order valence-electron chi connectivity index (χ0n) is 10.6. The lowest BCUT2D eigenvalue weighted by Gasteiger charge is -2.36. The summed E-state index contributed by atoms with van der Waals surface area (Å²) in [5, 5.41) is 3.45. The van der Waals surface area contributed by atoms with Gasteiger partial charge in [-0.05, 0) is 31.4 Å². The number of nitrogens with one attached hydrogen (secondary N) is 1. The van der Waals surface area contributed by atoms with E-state index in [1.165, 1.54) is 5.56 Å². The first-order valence-corrected chi connectivity index (χ1v) is 5.62. The van der Waals surface area contributed by atoms with Crippen molar-refractivity contribution in [2.45, 2.75) is 39.7 Å². The van der Waals surface area contributed by atoms with Crippen LogP contribution in [-0.2, 0) is 5.54 Å². The highest BCUT2D eigenvalue weighted by atomic mass is 14.9. The van der Waals surface area contributed by atoms with Gasteiger partial charge in [-0.25, -0.2) is 0 Å². The van der Waals surface area contributed by atoms with Crippen molar-refractivity contribution in [2.75, 3.05) is 7.05 Å². The molecule has 1 unspecified atom stereocenters. The van der Waals surface area contributed by atoms with Gasteiger partial charge in [-0.1, -0.05) is 51.1 Å². The maximum Gasteiger partial charge on any atom is 0.0408 e. The molecule has 1 nitrogen and oxygen atoms in total. The molecule has 1 N–H and O–H groups in total. The molecule has 0 radical (unpaired) electrons. The van der Waals surface area contributed by atoms with Crippen LogP contribution in [0.1, 0.15) is 39.7 Å². The predicted octanol–water partition coefficient (Wildman–Crippen LogP) is 3.56. The van der Waals surface area contributed by atoms with Gasteiger partial charge in [0.1, 0.15) is 0 Å². The Morgan fingerprint density at radius 1 is 1.00 bits per heavy atom. The van der Waals surface area contributed by atoms with Gasteiger partial charge in [0.25, 0.3) is 0 Å². The van der Waals surface area contributed by atoms with Gasteiger partial charge in [-0.15, -0.1) is 0 Å². The van der Waals surface area contributed by atoms with E-state index in [9.17, 15) is 0 Å². The molecule has 0 amide bonds. The van der Waals surface area contributed by atoms with Crippen LogP contribution in [0.4, 0.5) is 0 Å². The quantitative estimate of drug-likeness (QED) is 0.795. The van der Waals surface area contributed by atoms with Crippen LogP contribution < -0.4 is 5.32 Å². The molecule has 0 saturated heterocycles. The van der Waals surface area contributed by atoms with Crippen molar-refractivity contribution in [2.24, 2.45) is 5.41 Å². The molecule has 1 atom stereocenters. The molecule has 1 aromatic carbocycles. The molecule has 1 aromatic rings. The van der Waals surface area contributed by atoms with Crippen molar-refractivity contribution in [3.63, 3.8) is 0 Å². The second-order valence-corrected chi connectivity index (χ2v) is 5.69. The third kappa shape index (κ3) is 3.35. The molecular weight excluding hydrogens is 182 g/mol. The Balaban J connectivity index is 2.96. The molecule has 84 valence electrons. The minimum atomic E-state index is 0.0690. The van der Waals surface area contributed by atoms with Crippen LogP contribution in [0.2, 0.25) is 0 Å². The van der Waals surface area contributed by atoms with Crippen molar-refractivity contribution >= 4 is 0 Å². The molecular formula is C14H23N. The maximum absolute atomic E-state index is 3.45. The Labute approximate surface area is 93.9 Å². The first kappa shape index (κ1) is 12.3. The SMILES string of the molecule is CNC(C)(CC(C)(C)C)c1ccccc1. The Kier molecular flexibility index (Phi) is 3.56. The number of hydrogen-bond acceptors (Lipinski definition) is 1. The summed E-state index contributed by atoms with van der Waals surface area (Å²) in [6.45, 7) is 9.12. The van der Waals surface area contributed by atoms with Crippen LogP contribution in [0.3, 0.4) is 0 Å². The molecule has 0 saturated carbocycles. The molecule has 0 bridgehead atoms. The van der Waals surface area contributed by atoms with Gasteiger partial charge >= 0.3 is 0 Å². The van der Waals surface area contributed by atoms with Gasteiger partial charge in [0.2, 0.25) is 0 Å². The van der Waals surface area contributed by atoms with Crippen molar-refractivity contribution in [3.05, 3.63) is 35.9 Å². The van der Waals surface area contributed by atoms with E-state index in [0.29, 0.717) is 5.41 Å². The third-order valence-corrected chi connectivity index (χ3v) is 2.85. The van der Waals surface area contributed by atoms with Crippen molar-refractivity contribution in [1.82, 2.24) is 5.32 Å². The van der Waals surface area contributed by atoms with Crippen LogP contribution in [0.25, 0.3) is 0 Å². The van der Waals surface area contributed by atoms with E-state index in [1.807, 2.05) is 7.05 Å². The zero-order chi connectivity index (χ0) is 11.5. The van der Waals surface area contributed by atoms with Crippen LogP contribution in [0.15, 0.2) is 30.3 Å². The van der Waals surface area contributed by atoms with Crippen molar-refractivity contribution in [1.29, 1.82) is 0 Å². The smallest absolute Gasteiger partial charge is 0.0408 e. The second-order valence-electron chi connectivity index (χ2n) is 5.69. The average molecular weight is 205 g/mol. The summed E-state index contributed by atoms with van der Waals surface area (Å²) in [7, 11) is 2.04. The average Bonchev–Trinajstić information content (AvgIpc) is 2.16. The Morgan fingerprint density at radius 3 is 1.93 bits per heavy atom. The topological polar surface area (TPSA) is 12.0 Å². The van der Waals surface area contributed by atoms with E-state index in [-0.39, 0.29) is 5.54 Å². The van der Waals surface area contributed by atoms with Gasteiger partial charge < -0.3 is 5.32 Å². The lowest BCUT2D eigenvalue weighted by atomic mass is 9.77. The third-order valence-electron chi connectivity index (χ3n) is 2.85. The van der Waals surface area contributed by atoms with Gasteiger partial charge in [0.05, 0.1) is 0 Å². The molecule has 0 spiro atoms. The highest BCUT2D eigenvalue weighted by Crippen LogP contribution is 2.33. The Bertz CT molecular complexity index is 297. The van der Waals surface area contributed by atoms with E-state index in [4.69, 9.17) is 0 Å². The largest absolute Gasteiger partial charge is 0.311 e. The Morgan fingerprint density at radius 2 is 1.53 bits per heavy atom. The number of hydrogen-bond donors (Lipinski definition) is 1. The fourth-order valence-corrected chi connectivity index (χ4v) is 2.20. The number of rotatable bonds is 3. The summed E-state index contributed by atoms with van der Waals surface area (Å²) in [5.74, 6) is 0. The van der Waals surface area contributed by atoms with Gasteiger partial charge in [0.15, 0.2) is 0 Å². The van der Waals surface area contributed by atoms with E-state index in [0.717, 1.165) is 6.42 Å². The van der Waals surface area contributed by atoms with E-state index < -0.39 is 0 Å². The molecule has 0 aliphatic heterocycles. The Hall–Kier alpha value is -0.820. The van der Waals surface area contributed by atoms with E-state index in [2.05, 4.69) is 63.3 Å². The first-order valence-electron chi connectivity index (χ1n) is 5.62. The van der Waals surface area contributed by atoms with Crippen LogP contribution in [0.5, 0.6) is 0 Å². The molecule has 0 aromatic heterocycles. The van der Waals surface area contributed by atoms with Crippen LogP contribution >= 0.6 is 0 Å². The normalized spacial score (nSPS) is 16.1. The summed E-state index contributed by atoms with van der Waals surface area (Å²) in [5.41, 5.74) is 1.76. The monoisotopic (exact) mass is 205 g/mol. The van der Waals surface area contributed by atoms with Crippen LogP contribution in [-0.4, -0.2) is 7.05 Å². The molecule has 0 aliphatic rings. The van der Waals surface area contributed by atoms with E-state index >= 15 is 0 Å². The van der Waals surface area contributed by atoms with Gasteiger partial charge in [-0.2, -0.15) is 0 Å². The minimum absolute atomic E-state index is 0.0690. The summed E-state index contributed by atoms with van der Waals surface area (Å²) in [6.07, 6.45) is 1.13. The predicted molar refractivity (Wildman–Crippen MR) is 66.9 cm³/mol. The lowest BCUT2D eigenvalue weighted by molar-refractivity contribution is 0.238. The maximum atomic E-state index is 3.45. The van der Waals surface area contributed by atoms with E-state index in [1.54, 1.807) is 0 Å². The van der Waals surface area contributed by atoms with Crippen molar-refractivity contribution in [3.8, 4) is 0 Å². The zero-order valence-corrected chi connectivity index (χ0v) is 10.6. The minimum Gasteiger partial charge on any atom is -0.311 e. The first-order chi connectivity index (χ1) is 6.87. The molecule has 0 heterocycles. The molecule has 0 aliphatic carbocycles. The fraction of sp³-hybridized carbons (Fsp3) is 0.571. The molecule has 1 heteroatoms. The highest BCUT2D eigenvalue weighted by molar-refractivity contribution is 5.23. The van der Waals surface area contributed by atoms with Crippen LogP contribution in [0, 0.1) is 5.41 Å². The fourth-order valence-electron chi connectivity index (χ4n) is 2.20. The second kappa shape index (κ2) is 4.36. The molecule has 0 fully saturated rings. The summed E-state index contributed by atoms with van der Waals surface area (Å²) in [4.78, 5) is 0. The summed E-state index contributed by atoms with van der Waals surface area (Å²) < 4.78 is 0. The lowest BCUT2D eigenvalue weighted by Crippen LogP contribution is -2.40. The standard InChI is InChI=1S/C14H23N/c1-13(2,3)11-14(4,15-5)12-9-7-6-8-10-12/h6-10,15H,11H2,1-5H3. The van der Waals surface area contributed by atoms with Gasteiger partial charge in [-0.3, -0.25) is 0 Å². The number of benzene rings is 1. The highest BCUT2D eigenvalue weighted by Gasteiger charge is 2.29. The molecule has 15 heavy (non-hydrogen) atoms. The van der Waals surface area contributed by atoms with Gasteiger partial charge in [0, 0.05) is 5.54 Å². The van der Waals surface area contributed by atoms with Crippen molar-refractivity contribution < 1.29 is 0 Å².